The van der Waals surface area contributed by atoms with E-state index in [0.717, 1.165) is 5.56 Å². The molecule has 2 amide bonds. The van der Waals surface area contributed by atoms with Crippen LogP contribution in [0.2, 0.25) is 0 Å². The van der Waals surface area contributed by atoms with Gasteiger partial charge in [-0.3, -0.25) is 14.5 Å². The van der Waals surface area contributed by atoms with Crippen molar-refractivity contribution in [1.82, 2.24) is 4.90 Å². The average Bonchev–Trinajstić information content (AvgIpc) is 3.29. The number of hydrogen-bond acceptors (Lipinski definition) is 4. The standard InChI is InChI=1S/C22H24F2N4O2/c1-12-4-5-17(24)16-11-18(26-20(12)16)21(29)25-14-8-13(23)9-15(10-14)28-7-6-19(22(28)30)27(2)3/h4-5,8-10,18-19,26H,6-7,11H2,1-3H3,(H,25,29). The summed E-state index contributed by atoms with van der Waals surface area (Å²) in [4.78, 5) is 28.7. The van der Waals surface area contributed by atoms with E-state index in [1.54, 1.807) is 12.1 Å². The van der Waals surface area contributed by atoms with Crippen LogP contribution in [0.4, 0.5) is 25.8 Å². The van der Waals surface area contributed by atoms with E-state index in [0.29, 0.717) is 29.9 Å². The van der Waals surface area contributed by atoms with E-state index in [2.05, 4.69) is 10.6 Å². The molecule has 2 aliphatic heterocycles. The van der Waals surface area contributed by atoms with Crippen LogP contribution >= 0.6 is 0 Å². The summed E-state index contributed by atoms with van der Waals surface area (Å²) in [5.41, 5.74) is 2.63. The largest absolute Gasteiger partial charge is 0.373 e. The third-order valence-corrected chi connectivity index (χ3v) is 5.77. The first-order chi connectivity index (χ1) is 14.2. The van der Waals surface area contributed by atoms with E-state index in [9.17, 15) is 18.4 Å². The van der Waals surface area contributed by atoms with Gasteiger partial charge in [0.1, 0.15) is 17.7 Å². The van der Waals surface area contributed by atoms with Crippen molar-refractivity contribution in [2.75, 3.05) is 36.2 Å². The summed E-state index contributed by atoms with van der Waals surface area (Å²) in [6, 6.07) is 6.23. The monoisotopic (exact) mass is 414 g/mol. The zero-order chi connectivity index (χ0) is 21.6. The van der Waals surface area contributed by atoms with E-state index >= 15 is 0 Å². The first kappa shape index (κ1) is 20.3. The summed E-state index contributed by atoms with van der Waals surface area (Å²) in [5, 5.41) is 5.76. The molecule has 30 heavy (non-hydrogen) atoms. The van der Waals surface area contributed by atoms with Crippen molar-refractivity contribution in [2.45, 2.75) is 31.8 Å². The number of nitrogens with zero attached hydrogens (tertiary/aromatic N) is 2. The highest BCUT2D eigenvalue weighted by atomic mass is 19.1. The number of likely N-dealkylation sites (N-methyl/N-ethyl adjacent to an activating group) is 1. The summed E-state index contributed by atoms with van der Waals surface area (Å²) in [7, 11) is 3.67. The van der Waals surface area contributed by atoms with Gasteiger partial charge in [0.15, 0.2) is 0 Å². The molecule has 4 rings (SSSR count). The fourth-order valence-electron chi connectivity index (χ4n) is 4.16. The van der Waals surface area contributed by atoms with Gasteiger partial charge in [0.05, 0.1) is 6.04 Å². The van der Waals surface area contributed by atoms with Crippen LogP contribution in [-0.2, 0) is 16.0 Å². The zero-order valence-electron chi connectivity index (χ0n) is 17.1. The molecule has 2 aromatic rings. The Bertz CT molecular complexity index is 993. The van der Waals surface area contributed by atoms with Crippen LogP contribution in [-0.4, -0.2) is 49.4 Å². The molecule has 0 aromatic heterocycles. The molecule has 1 saturated heterocycles. The third kappa shape index (κ3) is 3.63. The number of carbonyl (C=O) groups excluding carboxylic acids is 2. The number of benzene rings is 2. The summed E-state index contributed by atoms with van der Waals surface area (Å²) < 4.78 is 28.3. The van der Waals surface area contributed by atoms with Crippen LogP contribution in [0, 0.1) is 18.6 Å². The van der Waals surface area contributed by atoms with Gasteiger partial charge < -0.3 is 15.5 Å². The minimum Gasteiger partial charge on any atom is -0.373 e. The van der Waals surface area contributed by atoms with Gasteiger partial charge in [0.25, 0.3) is 0 Å². The highest BCUT2D eigenvalue weighted by Gasteiger charge is 2.34. The Hall–Kier alpha value is -3.00. The summed E-state index contributed by atoms with van der Waals surface area (Å²) in [6.45, 7) is 2.33. The SMILES string of the molecule is Cc1ccc(F)c2c1NC(C(=O)Nc1cc(F)cc(N3CCC(N(C)C)C3=O)c1)C2. The molecular formula is C22H24F2N4O2. The second-order valence-electron chi connectivity index (χ2n) is 8.06. The maximum Gasteiger partial charge on any atom is 0.247 e. The lowest BCUT2D eigenvalue weighted by atomic mass is 10.1. The zero-order valence-corrected chi connectivity index (χ0v) is 17.1. The third-order valence-electron chi connectivity index (χ3n) is 5.77. The van der Waals surface area contributed by atoms with E-state index in [4.69, 9.17) is 0 Å². The van der Waals surface area contributed by atoms with Crippen molar-refractivity contribution in [3.05, 3.63) is 53.1 Å². The Morgan fingerprint density at radius 1 is 1.23 bits per heavy atom. The first-order valence-electron chi connectivity index (χ1n) is 9.88. The molecular weight excluding hydrogens is 390 g/mol. The van der Waals surface area contributed by atoms with E-state index in [-0.39, 0.29) is 35.8 Å². The molecule has 2 unspecified atom stereocenters. The number of anilines is 3. The number of carbonyl (C=O) groups is 2. The number of rotatable bonds is 4. The smallest absolute Gasteiger partial charge is 0.247 e. The Labute approximate surface area is 173 Å². The highest BCUT2D eigenvalue weighted by molar-refractivity contribution is 6.01. The first-order valence-corrected chi connectivity index (χ1v) is 9.88. The second kappa shape index (κ2) is 7.68. The van der Waals surface area contributed by atoms with Crippen LogP contribution in [0.25, 0.3) is 0 Å². The summed E-state index contributed by atoms with van der Waals surface area (Å²) >= 11 is 0. The van der Waals surface area contributed by atoms with E-state index < -0.39 is 11.9 Å². The molecule has 8 heteroatoms. The Morgan fingerprint density at radius 3 is 2.67 bits per heavy atom. The fourth-order valence-corrected chi connectivity index (χ4v) is 4.16. The average molecular weight is 414 g/mol. The lowest BCUT2D eigenvalue weighted by Gasteiger charge is -2.21. The predicted molar refractivity (Wildman–Crippen MR) is 112 cm³/mol. The highest BCUT2D eigenvalue weighted by Crippen LogP contribution is 2.32. The second-order valence-corrected chi connectivity index (χ2v) is 8.06. The molecule has 2 aromatic carbocycles. The van der Waals surface area contributed by atoms with Crippen molar-refractivity contribution in [3.63, 3.8) is 0 Å². The van der Waals surface area contributed by atoms with Gasteiger partial charge in [-0.25, -0.2) is 8.78 Å². The lowest BCUT2D eigenvalue weighted by molar-refractivity contribution is -0.120. The molecule has 0 radical (unpaired) electrons. The number of nitrogens with one attached hydrogen (secondary N) is 2. The molecule has 6 nitrogen and oxygen atoms in total. The Kier molecular flexibility index (Phi) is 5.19. The molecule has 2 N–H and O–H groups in total. The van der Waals surface area contributed by atoms with Gasteiger partial charge in [-0.05, 0) is 57.3 Å². The number of aryl methyl sites for hydroxylation is 1. The minimum atomic E-state index is -0.658. The molecule has 0 saturated carbocycles. The van der Waals surface area contributed by atoms with Gasteiger partial charge in [-0.1, -0.05) is 6.07 Å². The molecule has 0 aliphatic carbocycles. The molecule has 0 bridgehead atoms. The van der Waals surface area contributed by atoms with Crippen molar-refractivity contribution in [1.29, 1.82) is 0 Å². The Morgan fingerprint density at radius 2 is 2.00 bits per heavy atom. The van der Waals surface area contributed by atoms with Crippen LogP contribution in [0.5, 0.6) is 0 Å². The summed E-state index contributed by atoms with van der Waals surface area (Å²) in [6.07, 6.45) is 0.866. The van der Waals surface area contributed by atoms with Crippen LogP contribution in [0.15, 0.2) is 30.3 Å². The van der Waals surface area contributed by atoms with Gasteiger partial charge >= 0.3 is 0 Å². The van der Waals surface area contributed by atoms with Crippen molar-refractivity contribution < 1.29 is 18.4 Å². The van der Waals surface area contributed by atoms with E-state index in [1.165, 1.54) is 23.1 Å². The van der Waals surface area contributed by atoms with Gasteiger partial charge in [-0.2, -0.15) is 0 Å². The molecule has 1 fully saturated rings. The number of halogens is 2. The van der Waals surface area contributed by atoms with Crippen LogP contribution in [0.3, 0.4) is 0 Å². The number of amides is 2. The normalized spacial score (nSPS) is 20.5. The van der Waals surface area contributed by atoms with Gasteiger partial charge in [-0.15, -0.1) is 0 Å². The topological polar surface area (TPSA) is 64.7 Å². The number of hydrogen-bond donors (Lipinski definition) is 2. The van der Waals surface area contributed by atoms with E-state index in [1.807, 2.05) is 25.9 Å². The molecule has 2 heterocycles. The van der Waals surface area contributed by atoms with Crippen LogP contribution < -0.4 is 15.5 Å². The maximum absolute atomic E-state index is 14.2. The van der Waals surface area contributed by atoms with Gasteiger partial charge in [0.2, 0.25) is 11.8 Å². The minimum absolute atomic E-state index is 0.0956. The van der Waals surface area contributed by atoms with Crippen molar-refractivity contribution in [2.24, 2.45) is 0 Å². The van der Waals surface area contributed by atoms with Crippen molar-refractivity contribution in [3.8, 4) is 0 Å². The predicted octanol–water partition coefficient (Wildman–Crippen LogP) is 2.92. The molecule has 2 aliphatic rings. The van der Waals surface area contributed by atoms with Crippen LogP contribution in [0.1, 0.15) is 17.5 Å². The maximum atomic E-state index is 14.2. The number of fused-ring (bicyclic) bond motifs is 1. The van der Waals surface area contributed by atoms with Gasteiger partial charge in [0, 0.05) is 35.6 Å². The summed E-state index contributed by atoms with van der Waals surface area (Å²) in [5.74, 6) is -1.38. The lowest BCUT2D eigenvalue weighted by Crippen LogP contribution is -2.37. The molecule has 2 atom stereocenters. The fraction of sp³-hybridized carbons (Fsp3) is 0.364. The van der Waals surface area contributed by atoms with Crippen molar-refractivity contribution >= 4 is 28.9 Å². The Balaban J connectivity index is 1.51. The quantitative estimate of drug-likeness (QED) is 0.808. The molecule has 0 spiro atoms. The molecule has 158 valence electrons.